The minimum atomic E-state index is -0.317. The number of aliphatic hydroxyl groups is 1. The van der Waals surface area contributed by atoms with Crippen LogP contribution in [-0.4, -0.2) is 29.6 Å². The summed E-state index contributed by atoms with van der Waals surface area (Å²) in [5.41, 5.74) is 1.73. The van der Waals surface area contributed by atoms with E-state index in [1.807, 2.05) is 30.3 Å². The van der Waals surface area contributed by atoms with Gasteiger partial charge in [0.25, 0.3) is 0 Å². The van der Waals surface area contributed by atoms with E-state index in [9.17, 15) is 5.11 Å². The molecule has 1 aliphatic carbocycles. The number of hydrogen-bond donors (Lipinski definition) is 1. The van der Waals surface area contributed by atoms with Crippen LogP contribution in [0.4, 0.5) is 0 Å². The minimum absolute atomic E-state index is 0.317. The Hall–Kier alpha value is -0.860. The average molecular weight is 203 g/mol. The molecule has 1 heterocycles. The van der Waals surface area contributed by atoms with Crippen LogP contribution >= 0.6 is 0 Å². The van der Waals surface area contributed by atoms with Crippen molar-refractivity contribution >= 4 is 0 Å². The molecule has 0 amide bonds. The second kappa shape index (κ2) is 3.32. The second-order valence-corrected chi connectivity index (χ2v) is 5.10. The number of nitrogens with zero attached hydrogens (tertiary/aromatic N) is 1. The zero-order valence-corrected chi connectivity index (χ0v) is 8.89. The van der Waals surface area contributed by atoms with Gasteiger partial charge in [0.2, 0.25) is 0 Å². The minimum Gasteiger partial charge on any atom is -0.387 e. The molecule has 0 radical (unpaired) electrons. The highest BCUT2D eigenvalue weighted by atomic mass is 16.3. The van der Waals surface area contributed by atoms with Crippen LogP contribution in [0.25, 0.3) is 0 Å². The monoisotopic (exact) mass is 203 g/mol. The van der Waals surface area contributed by atoms with Crippen LogP contribution in [-0.2, 0) is 0 Å². The molecule has 2 nitrogen and oxygen atoms in total. The summed E-state index contributed by atoms with van der Waals surface area (Å²) < 4.78 is 0. The van der Waals surface area contributed by atoms with Crippen LogP contribution < -0.4 is 0 Å². The standard InChI is InChI=1S/C13H17NO/c15-12(11-4-2-1-3-5-11)8-14-9-13(10-14)6-7-13/h1-5,12,15H,6-10H2. The predicted molar refractivity (Wildman–Crippen MR) is 59.5 cm³/mol. The van der Waals surface area contributed by atoms with Gasteiger partial charge in [-0.25, -0.2) is 0 Å². The van der Waals surface area contributed by atoms with Gasteiger partial charge in [-0.05, 0) is 23.8 Å². The first-order valence-corrected chi connectivity index (χ1v) is 5.73. The van der Waals surface area contributed by atoms with Crippen LogP contribution in [0.5, 0.6) is 0 Å². The van der Waals surface area contributed by atoms with Crippen LogP contribution in [0.2, 0.25) is 0 Å². The van der Waals surface area contributed by atoms with E-state index in [1.54, 1.807) is 0 Å². The largest absolute Gasteiger partial charge is 0.387 e. The highest BCUT2D eigenvalue weighted by molar-refractivity contribution is 5.18. The molecule has 1 aromatic rings. The molecular weight excluding hydrogens is 186 g/mol. The smallest absolute Gasteiger partial charge is 0.0916 e. The van der Waals surface area contributed by atoms with E-state index in [4.69, 9.17) is 0 Å². The Bertz CT molecular complexity index is 337. The van der Waals surface area contributed by atoms with Gasteiger partial charge in [-0.1, -0.05) is 30.3 Å². The van der Waals surface area contributed by atoms with Crippen molar-refractivity contribution in [1.29, 1.82) is 0 Å². The molecule has 1 aromatic carbocycles. The Balaban J connectivity index is 1.55. The van der Waals surface area contributed by atoms with Gasteiger partial charge in [-0.15, -0.1) is 0 Å². The molecule has 1 saturated heterocycles. The van der Waals surface area contributed by atoms with Crippen LogP contribution in [0, 0.1) is 5.41 Å². The van der Waals surface area contributed by atoms with Crippen molar-refractivity contribution in [2.24, 2.45) is 5.41 Å². The van der Waals surface area contributed by atoms with E-state index in [-0.39, 0.29) is 6.10 Å². The van der Waals surface area contributed by atoms with Crippen molar-refractivity contribution in [3.8, 4) is 0 Å². The van der Waals surface area contributed by atoms with Crippen molar-refractivity contribution < 1.29 is 5.11 Å². The van der Waals surface area contributed by atoms with E-state index in [0.29, 0.717) is 5.41 Å². The van der Waals surface area contributed by atoms with Gasteiger partial charge in [0.05, 0.1) is 6.10 Å². The van der Waals surface area contributed by atoms with Gasteiger partial charge in [0.1, 0.15) is 0 Å². The molecule has 80 valence electrons. The number of aliphatic hydroxyl groups excluding tert-OH is 1. The number of β-amino-alcohol motifs (C(OH)–C–C–N with tert-alkyl or cyclic N) is 1. The molecule has 2 aliphatic rings. The summed E-state index contributed by atoms with van der Waals surface area (Å²) >= 11 is 0. The quantitative estimate of drug-likeness (QED) is 0.810. The molecule has 15 heavy (non-hydrogen) atoms. The topological polar surface area (TPSA) is 23.5 Å². The van der Waals surface area contributed by atoms with Gasteiger partial charge in [0, 0.05) is 19.6 Å². The van der Waals surface area contributed by atoms with Crippen molar-refractivity contribution in [1.82, 2.24) is 4.90 Å². The molecular formula is C13H17NO. The fourth-order valence-corrected chi connectivity index (χ4v) is 2.55. The van der Waals surface area contributed by atoms with E-state index >= 15 is 0 Å². The summed E-state index contributed by atoms with van der Waals surface area (Å²) in [6.45, 7) is 3.21. The highest BCUT2D eigenvalue weighted by Crippen LogP contribution is 2.52. The fourth-order valence-electron chi connectivity index (χ4n) is 2.55. The van der Waals surface area contributed by atoms with Crippen molar-refractivity contribution in [2.45, 2.75) is 18.9 Å². The molecule has 1 N–H and O–H groups in total. The fraction of sp³-hybridized carbons (Fsp3) is 0.538. The Kier molecular flexibility index (Phi) is 2.08. The van der Waals surface area contributed by atoms with Gasteiger partial charge in [0.15, 0.2) is 0 Å². The maximum Gasteiger partial charge on any atom is 0.0916 e. The molecule has 1 spiro atoms. The van der Waals surface area contributed by atoms with Crippen molar-refractivity contribution in [3.63, 3.8) is 0 Å². The Morgan fingerprint density at radius 2 is 1.87 bits per heavy atom. The van der Waals surface area contributed by atoms with E-state index < -0.39 is 0 Å². The summed E-state index contributed by atoms with van der Waals surface area (Å²) in [5.74, 6) is 0. The molecule has 0 aromatic heterocycles. The van der Waals surface area contributed by atoms with Crippen molar-refractivity contribution in [3.05, 3.63) is 35.9 Å². The molecule has 3 rings (SSSR count). The number of likely N-dealkylation sites (tertiary alicyclic amines) is 1. The first-order chi connectivity index (χ1) is 7.27. The molecule has 2 heteroatoms. The van der Waals surface area contributed by atoms with Gasteiger partial charge in [-0.3, -0.25) is 4.90 Å². The molecule has 1 unspecified atom stereocenters. The van der Waals surface area contributed by atoms with Crippen LogP contribution in [0.3, 0.4) is 0 Å². The summed E-state index contributed by atoms with van der Waals surface area (Å²) in [7, 11) is 0. The molecule has 1 aliphatic heterocycles. The lowest BCUT2D eigenvalue weighted by molar-refractivity contribution is 0.0279. The van der Waals surface area contributed by atoms with E-state index in [1.165, 1.54) is 25.9 Å². The third-order valence-corrected chi connectivity index (χ3v) is 3.69. The van der Waals surface area contributed by atoms with Crippen molar-refractivity contribution in [2.75, 3.05) is 19.6 Å². The lowest BCUT2D eigenvalue weighted by Crippen LogP contribution is -2.49. The second-order valence-electron chi connectivity index (χ2n) is 5.10. The van der Waals surface area contributed by atoms with Gasteiger partial charge >= 0.3 is 0 Å². The molecule has 2 fully saturated rings. The highest BCUT2D eigenvalue weighted by Gasteiger charge is 2.52. The van der Waals surface area contributed by atoms with Crippen LogP contribution in [0.15, 0.2) is 30.3 Å². The summed E-state index contributed by atoms with van der Waals surface area (Å²) in [6.07, 6.45) is 2.50. The number of rotatable bonds is 3. The van der Waals surface area contributed by atoms with Gasteiger partial charge in [-0.2, -0.15) is 0 Å². The first kappa shape index (κ1) is 9.37. The molecule has 1 saturated carbocycles. The Labute approximate surface area is 90.5 Å². The van der Waals surface area contributed by atoms with E-state index in [2.05, 4.69) is 4.90 Å². The number of benzene rings is 1. The zero-order chi connectivity index (χ0) is 10.3. The maximum absolute atomic E-state index is 10.0. The van der Waals surface area contributed by atoms with Gasteiger partial charge < -0.3 is 5.11 Å². The van der Waals surface area contributed by atoms with Crippen LogP contribution in [0.1, 0.15) is 24.5 Å². The maximum atomic E-state index is 10.0. The summed E-state index contributed by atoms with van der Waals surface area (Å²) in [6, 6.07) is 9.95. The lowest BCUT2D eigenvalue weighted by Gasteiger charge is -2.41. The average Bonchev–Trinajstić information content (AvgIpc) is 2.99. The summed E-state index contributed by atoms with van der Waals surface area (Å²) in [4.78, 5) is 2.37. The summed E-state index contributed by atoms with van der Waals surface area (Å²) in [5, 5.41) is 10.0. The lowest BCUT2D eigenvalue weighted by atomic mass is 9.95. The third-order valence-electron chi connectivity index (χ3n) is 3.69. The zero-order valence-electron chi connectivity index (χ0n) is 8.89. The predicted octanol–water partition coefficient (Wildman–Crippen LogP) is 1.82. The molecule has 0 bridgehead atoms. The number of hydrogen-bond acceptors (Lipinski definition) is 2. The first-order valence-electron chi connectivity index (χ1n) is 5.73. The SMILES string of the molecule is OC(CN1CC2(CC2)C1)c1ccccc1. The normalized spacial score (nSPS) is 24.9. The molecule has 1 atom stereocenters. The van der Waals surface area contributed by atoms with E-state index in [0.717, 1.165) is 12.1 Å². The third kappa shape index (κ3) is 1.80. The Morgan fingerprint density at radius 3 is 2.47 bits per heavy atom. The Morgan fingerprint density at radius 1 is 1.20 bits per heavy atom.